The Balaban J connectivity index is 1.60. The van der Waals surface area contributed by atoms with Crippen LogP contribution in [-0.2, 0) is 13.1 Å². The summed E-state index contributed by atoms with van der Waals surface area (Å²) >= 11 is 0. The second-order valence-corrected chi connectivity index (χ2v) is 5.42. The minimum Gasteiger partial charge on any atom is -0.481 e. The van der Waals surface area contributed by atoms with Gasteiger partial charge in [0.1, 0.15) is 0 Å². The molecule has 1 N–H and O–H groups in total. The summed E-state index contributed by atoms with van der Waals surface area (Å²) in [7, 11) is 3.80. The van der Waals surface area contributed by atoms with Crippen molar-refractivity contribution in [2.24, 2.45) is 0 Å². The monoisotopic (exact) mass is 299 g/mol. The second-order valence-electron chi connectivity index (χ2n) is 5.42. The third-order valence-electron chi connectivity index (χ3n) is 3.49. The maximum Gasteiger partial charge on any atom is 0.213 e. The highest BCUT2D eigenvalue weighted by Crippen LogP contribution is 2.06. The number of rotatable bonds is 9. The summed E-state index contributed by atoms with van der Waals surface area (Å²) in [6.45, 7) is 3.84. The minimum atomic E-state index is 0.668. The Hall–Kier alpha value is -1.91. The summed E-state index contributed by atoms with van der Waals surface area (Å²) in [5.41, 5.74) is 2.37. The van der Waals surface area contributed by atoms with Crippen LogP contribution in [0.15, 0.2) is 48.5 Å². The van der Waals surface area contributed by atoms with Crippen molar-refractivity contribution < 1.29 is 4.74 Å². The molecule has 0 saturated heterocycles. The second kappa shape index (κ2) is 9.18. The van der Waals surface area contributed by atoms with Crippen LogP contribution in [0, 0.1) is 0 Å². The van der Waals surface area contributed by atoms with Gasteiger partial charge in [0, 0.05) is 19.2 Å². The predicted molar refractivity (Wildman–Crippen MR) is 89.9 cm³/mol. The van der Waals surface area contributed by atoms with Crippen LogP contribution < -0.4 is 10.1 Å². The first-order chi connectivity index (χ1) is 10.8. The number of methoxy groups -OCH3 is 1. The number of ether oxygens (including phenoxy) is 1. The summed E-state index contributed by atoms with van der Waals surface area (Å²) < 4.78 is 5.12. The van der Waals surface area contributed by atoms with Crippen LogP contribution in [0.2, 0.25) is 0 Å². The van der Waals surface area contributed by atoms with E-state index >= 15 is 0 Å². The fraction of sp³-hybridized carbons (Fsp3) is 0.389. The molecule has 1 aromatic heterocycles. The zero-order valence-electron chi connectivity index (χ0n) is 13.5. The van der Waals surface area contributed by atoms with Gasteiger partial charge in [-0.05, 0) is 38.2 Å². The van der Waals surface area contributed by atoms with E-state index < -0.39 is 0 Å². The lowest BCUT2D eigenvalue weighted by Gasteiger charge is -2.16. The predicted octanol–water partition coefficient (Wildman–Crippen LogP) is 2.70. The van der Waals surface area contributed by atoms with Crippen LogP contribution in [0.5, 0.6) is 5.88 Å². The molecule has 2 aromatic rings. The Morgan fingerprint density at radius 1 is 1.09 bits per heavy atom. The molecule has 0 bridgehead atoms. The van der Waals surface area contributed by atoms with Gasteiger partial charge in [-0.25, -0.2) is 4.98 Å². The van der Waals surface area contributed by atoms with Gasteiger partial charge < -0.3 is 15.0 Å². The van der Waals surface area contributed by atoms with Gasteiger partial charge in [-0.3, -0.25) is 0 Å². The fourth-order valence-electron chi connectivity index (χ4n) is 2.33. The fourth-order valence-corrected chi connectivity index (χ4v) is 2.33. The van der Waals surface area contributed by atoms with E-state index in [-0.39, 0.29) is 0 Å². The summed E-state index contributed by atoms with van der Waals surface area (Å²) in [6.07, 6.45) is 1.12. The lowest BCUT2D eigenvalue weighted by Crippen LogP contribution is -2.24. The number of hydrogen-bond acceptors (Lipinski definition) is 4. The summed E-state index contributed by atoms with van der Waals surface area (Å²) in [6, 6.07) is 16.4. The number of aromatic nitrogens is 1. The van der Waals surface area contributed by atoms with Crippen molar-refractivity contribution in [2.75, 3.05) is 27.2 Å². The van der Waals surface area contributed by atoms with Crippen LogP contribution in [0.1, 0.15) is 17.7 Å². The molecular weight excluding hydrogens is 274 g/mol. The highest BCUT2D eigenvalue weighted by Gasteiger charge is 2.00. The van der Waals surface area contributed by atoms with Gasteiger partial charge in [-0.1, -0.05) is 36.4 Å². The van der Waals surface area contributed by atoms with E-state index in [1.165, 1.54) is 5.56 Å². The van der Waals surface area contributed by atoms with E-state index in [4.69, 9.17) is 4.74 Å². The molecule has 1 aromatic carbocycles. The van der Waals surface area contributed by atoms with E-state index in [0.717, 1.165) is 38.3 Å². The number of pyridine rings is 1. The Labute approximate surface area is 133 Å². The van der Waals surface area contributed by atoms with Gasteiger partial charge >= 0.3 is 0 Å². The standard InChI is InChI=1S/C18H25N3O/c1-21(15-16-8-4-3-5-9-16)13-7-12-19-14-17-10-6-11-18(20-17)22-2/h3-6,8-11,19H,7,12-15H2,1-2H3. The third kappa shape index (κ3) is 5.84. The molecule has 0 spiro atoms. The molecule has 0 unspecified atom stereocenters. The lowest BCUT2D eigenvalue weighted by atomic mass is 10.2. The summed E-state index contributed by atoms with van der Waals surface area (Å²) in [5, 5.41) is 3.43. The van der Waals surface area contributed by atoms with Gasteiger partial charge in [0.15, 0.2) is 0 Å². The Morgan fingerprint density at radius 3 is 2.68 bits per heavy atom. The number of hydrogen-bond donors (Lipinski definition) is 1. The lowest BCUT2D eigenvalue weighted by molar-refractivity contribution is 0.319. The van der Waals surface area contributed by atoms with Crippen molar-refractivity contribution in [1.82, 2.24) is 15.2 Å². The summed E-state index contributed by atoms with van der Waals surface area (Å²) in [5.74, 6) is 0.668. The molecular formula is C18H25N3O. The molecule has 118 valence electrons. The van der Waals surface area contributed by atoms with Crippen molar-refractivity contribution in [3.05, 3.63) is 59.8 Å². The van der Waals surface area contributed by atoms with E-state index in [0.29, 0.717) is 5.88 Å². The summed E-state index contributed by atoms with van der Waals surface area (Å²) in [4.78, 5) is 6.73. The van der Waals surface area contributed by atoms with E-state index in [2.05, 4.69) is 52.6 Å². The van der Waals surface area contributed by atoms with Gasteiger partial charge in [0.25, 0.3) is 0 Å². The third-order valence-corrected chi connectivity index (χ3v) is 3.49. The zero-order valence-corrected chi connectivity index (χ0v) is 13.5. The molecule has 0 aliphatic heterocycles. The van der Waals surface area contributed by atoms with Gasteiger partial charge in [-0.2, -0.15) is 0 Å². The first kappa shape index (κ1) is 16.5. The largest absolute Gasteiger partial charge is 0.481 e. The Kier molecular flexibility index (Phi) is 6.87. The molecule has 2 rings (SSSR count). The molecule has 22 heavy (non-hydrogen) atoms. The molecule has 4 nitrogen and oxygen atoms in total. The van der Waals surface area contributed by atoms with Crippen molar-refractivity contribution in [3.63, 3.8) is 0 Å². The molecule has 0 saturated carbocycles. The van der Waals surface area contributed by atoms with E-state index in [9.17, 15) is 0 Å². The number of nitrogens with one attached hydrogen (secondary N) is 1. The van der Waals surface area contributed by atoms with Crippen LogP contribution in [0.3, 0.4) is 0 Å². The average molecular weight is 299 g/mol. The minimum absolute atomic E-state index is 0.668. The number of benzene rings is 1. The molecule has 0 amide bonds. The molecule has 4 heteroatoms. The molecule has 0 radical (unpaired) electrons. The topological polar surface area (TPSA) is 37.4 Å². The first-order valence-corrected chi connectivity index (χ1v) is 7.71. The van der Waals surface area contributed by atoms with E-state index in [1.807, 2.05) is 18.2 Å². The van der Waals surface area contributed by atoms with Crippen LogP contribution in [0.25, 0.3) is 0 Å². The van der Waals surface area contributed by atoms with Gasteiger partial charge in [-0.15, -0.1) is 0 Å². The first-order valence-electron chi connectivity index (χ1n) is 7.71. The van der Waals surface area contributed by atoms with Crippen LogP contribution in [0.4, 0.5) is 0 Å². The maximum atomic E-state index is 5.12. The quantitative estimate of drug-likeness (QED) is 0.722. The molecule has 0 fully saturated rings. The molecule has 0 atom stereocenters. The number of nitrogens with zero attached hydrogens (tertiary/aromatic N) is 2. The van der Waals surface area contributed by atoms with Crippen LogP contribution in [-0.4, -0.2) is 37.1 Å². The Bertz CT molecular complexity index is 545. The van der Waals surface area contributed by atoms with Crippen molar-refractivity contribution in [2.45, 2.75) is 19.5 Å². The molecule has 0 aliphatic rings. The Morgan fingerprint density at radius 2 is 1.91 bits per heavy atom. The highest BCUT2D eigenvalue weighted by atomic mass is 16.5. The van der Waals surface area contributed by atoms with Gasteiger partial charge in [0.2, 0.25) is 5.88 Å². The van der Waals surface area contributed by atoms with Crippen molar-refractivity contribution in [1.29, 1.82) is 0 Å². The molecule has 0 aliphatic carbocycles. The SMILES string of the molecule is COc1cccc(CNCCCN(C)Cc2ccccc2)n1. The highest BCUT2D eigenvalue weighted by molar-refractivity contribution is 5.15. The van der Waals surface area contributed by atoms with Crippen molar-refractivity contribution in [3.8, 4) is 5.88 Å². The smallest absolute Gasteiger partial charge is 0.213 e. The van der Waals surface area contributed by atoms with Crippen molar-refractivity contribution >= 4 is 0 Å². The molecule has 1 heterocycles. The average Bonchev–Trinajstić information content (AvgIpc) is 2.55. The van der Waals surface area contributed by atoms with E-state index in [1.54, 1.807) is 7.11 Å². The zero-order chi connectivity index (χ0) is 15.6. The maximum absolute atomic E-state index is 5.12. The van der Waals surface area contributed by atoms with Gasteiger partial charge in [0.05, 0.1) is 12.8 Å². The van der Waals surface area contributed by atoms with Crippen LogP contribution >= 0.6 is 0 Å². The normalized spacial score (nSPS) is 10.9.